The highest BCUT2D eigenvalue weighted by atomic mass is 32.2. The lowest BCUT2D eigenvalue weighted by atomic mass is 10.2. The fourth-order valence-electron chi connectivity index (χ4n) is 1.11. The van der Waals surface area contributed by atoms with Crippen LogP contribution >= 0.6 is 0 Å². The Kier molecular flexibility index (Phi) is 4.86. The molecule has 0 aromatic carbocycles. The molecular weight excluding hydrogens is 242 g/mol. The highest BCUT2D eigenvalue weighted by Crippen LogP contribution is 2.10. The van der Waals surface area contributed by atoms with Crippen LogP contribution < -0.4 is 10.0 Å². The summed E-state index contributed by atoms with van der Waals surface area (Å²) in [5.74, 6) is 0.706. The summed E-state index contributed by atoms with van der Waals surface area (Å²) >= 11 is 0. The zero-order valence-electron chi connectivity index (χ0n) is 9.84. The van der Waals surface area contributed by atoms with Crippen LogP contribution in [-0.2, 0) is 10.0 Å². The first-order valence-electron chi connectivity index (χ1n) is 5.24. The highest BCUT2D eigenvalue weighted by Gasteiger charge is 2.11. The van der Waals surface area contributed by atoms with Gasteiger partial charge in [0.1, 0.15) is 10.7 Å². The topological polar surface area (TPSA) is 91.3 Å². The van der Waals surface area contributed by atoms with Gasteiger partial charge >= 0.3 is 0 Å². The lowest BCUT2D eigenvalue weighted by Crippen LogP contribution is -2.19. The van der Waals surface area contributed by atoms with E-state index in [0.29, 0.717) is 12.4 Å². The smallest absolute Gasteiger partial charge is 0.241 e. The van der Waals surface area contributed by atoms with E-state index in [1.54, 1.807) is 6.07 Å². The molecule has 1 atom stereocenters. The van der Waals surface area contributed by atoms with E-state index in [0.717, 1.165) is 0 Å². The number of hydrogen-bond donors (Lipinski definition) is 3. The minimum absolute atomic E-state index is 0.0964. The third kappa shape index (κ3) is 3.95. The van der Waals surface area contributed by atoms with E-state index in [2.05, 4.69) is 15.0 Å². The zero-order chi connectivity index (χ0) is 12.9. The molecule has 0 saturated carbocycles. The second kappa shape index (κ2) is 5.95. The monoisotopic (exact) mass is 259 g/mol. The molecule has 0 spiro atoms. The Morgan fingerprint density at radius 3 is 2.65 bits per heavy atom. The Balaban J connectivity index is 2.69. The lowest BCUT2D eigenvalue weighted by Gasteiger charge is -2.10. The van der Waals surface area contributed by atoms with Gasteiger partial charge in [0.2, 0.25) is 10.0 Å². The second-order valence-corrected chi connectivity index (χ2v) is 5.64. The molecule has 0 fully saturated rings. The average Bonchev–Trinajstić information content (AvgIpc) is 2.36. The number of rotatable bonds is 6. The van der Waals surface area contributed by atoms with Crippen LogP contribution in [0.3, 0.4) is 0 Å². The first kappa shape index (κ1) is 13.9. The maximum absolute atomic E-state index is 11.4. The Morgan fingerprint density at radius 1 is 1.47 bits per heavy atom. The predicted molar refractivity (Wildman–Crippen MR) is 65.2 cm³/mol. The van der Waals surface area contributed by atoms with Crippen LogP contribution in [0.25, 0.3) is 0 Å². The largest absolute Gasteiger partial charge is 0.396 e. The predicted octanol–water partition coefficient (Wildman–Crippen LogP) is 0.0300. The molecule has 3 N–H and O–H groups in total. The van der Waals surface area contributed by atoms with Gasteiger partial charge in [0, 0.05) is 19.3 Å². The number of aliphatic hydroxyl groups excluding tert-OH is 1. The van der Waals surface area contributed by atoms with Gasteiger partial charge in [-0.2, -0.15) is 0 Å². The van der Waals surface area contributed by atoms with Gasteiger partial charge in [-0.3, -0.25) is 0 Å². The molecule has 1 heterocycles. The summed E-state index contributed by atoms with van der Waals surface area (Å²) in [6, 6.07) is 3.07. The lowest BCUT2D eigenvalue weighted by molar-refractivity contribution is 0.244. The maximum Gasteiger partial charge on any atom is 0.241 e. The first-order valence-corrected chi connectivity index (χ1v) is 6.72. The molecular formula is C10H17N3O3S. The fourth-order valence-corrected chi connectivity index (χ4v) is 1.78. The minimum Gasteiger partial charge on any atom is -0.396 e. The molecule has 0 bridgehead atoms. The molecule has 0 aliphatic rings. The summed E-state index contributed by atoms with van der Waals surface area (Å²) in [4.78, 5) is 4.11. The molecule has 7 heteroatoms. The molecule has 17 heavy (non-hydrogen) atoms. The van der Waals surface area contributed by atoms with Gasteiger partial charge in [-0.15, -0.1) is 0 Å². The van der Waals surface area contributed by atoms with Gasteiger partial charge in [0.15, 0.2) is 0 Å². The van der Waals surface area contributed by atoms with Crippen molar-refractivity contribution in [2.75, 3.05) is 25.5 Å². The normalized spacial score (nSPS) is 13.4. The Bertz CT molecular complexity index is 444. The van der Waals surface area contributed by atoms with Crippen molar-refractivity contribution in [1.82, 2.24) is 9.71 Å². The molecule has 1 aromatic heterocycles. The van der Waals surface area contributed by atoms with Gasteiger partial charge < -0.3 is 10.4 Å². The summed E-state index contributed by atoms with van der Waals surface area (Å²) in [6.07, 6.45) is 1.29. The van der Waals surface area contributed by atoms with Crippen LogP contribution in [-0.4, -0.2) is 38.7 Å². The Labute approximate surface area is 101 Å². The van der Waals surface area contributed by atoms with Crippen LogP contribution in [0.2, 0.25) is 0 Å². The number of aliphatic hydroxyl groups is 1. The van der Waals surface area contributed by atoms with E-state index in [4.69, 9.17) is 5.11 Å². The van der Waals surface area contributed by atoms with Gasteiger partial charge in [-0.1, -0.05) is 6.92 Å². The maximum atomic E-state index is 11.4. The van der Waals surface area contributed by atoms with Crippen molar-refractivity contribution in [3.8, 4) is 0 Å². The van der Waals surface area contributed by atoms with E-state index >= 15 is 0 Å². The van der Waals surface area contributed by atoms with Crippen LogP contribution in [0.15, 0.2) is 23.2 Å². The molecule has 0 aliphatic heterocycles. The zero-order valence-corrected chi connectivity index (χ0v) is 10.7. The van der Waals surface area contributed by atoms with Gasteiger partial charge in [0.25, 0.3) is 0 Å². The molecule has 1 unspecified atom stereocenters. The van der Waals surface area contributed by atoms with E-state index in [9.17, 15) is 8.42 Å². The van der Waals surface area contributed by atoms with E-state index in [-0.39, 0.29) is 17.4 Å². The first-order chi connectivity index (χ1) is 7.99. The Hall–Kier alpha value is -1.18. The summed E-state index contributed by atoms with van der Waals surface area (Å²) in [5, 5.41) is 11.9. The van der Waals surface area contributed by atoms with Crippen molar-refractivity contribution in [3.63, 3.8) is 0 Å². The van der Waals surface area contributed by atoms with Crippen molar-refractivity contribution >= 4 is 15.8 Å². The van der Waals surface area contributed by atoms with E-state index < -0.39 is 10.0 Å². The van der Waals surface area contributed by atoms with Crippen LogP contribution in [0.4, 0.5) is 5.82 Å². The highest BCUT2D eigenvalue weighted by molar-refractivity contribution is 7.89. The van der Waals surface area contributed by atoms with Crippen molar-refractivity contribution in [1.29, 1.82) is 0 Å². The van der Waals surface area contributed by atoms with Crippen molar-refractivity contribution in [2.24, 2.45) is 5.92 Å². The SMILES string of the molecule is CNS(=O)(=O)c1ccc(NCC(C)CO)nc1. The minimum atomic E-state index is -3.43. The molecule has 1 aromatic rings. The summed E-state index contributed by atoms with van der Waals surface area (Å²) in [6.45, 7) is 2.58. The van der Waals surface area contributed by atoms with Crippen molar-refractivity contribution in [2.45, 2.75) is 11.8 Å². The number of nitrogens with zero attached hydrogens (tertiary/aromatic N) is 1. The number of aromatic nitrogens is 1. The summed E-state index contributed by atoms with van der Waals surface area (Å²) in [5.41, 5.74) is 0. The molecule has 0 saturated heterocycles. The molecule has 6 nitrogen and oxygen atoms in total. The number of anilines is 1. The number of hydrogen-bond acceptors (Lipinski definition) is 5. The second-order valence-electron chi connectivity index (χ2n) is 3.76. The van der Waals surface area contributed by atoms with E-state index in [1.165, 1.54) is 19.3 Å². The summed E-state index contributed by atoms with van der Waals surface area (Å²) < 4.78 is 25.1. The standard InChI is InChI=1S/C10H17N3O3S/c1-8(7-14)5-12-10-4-3-9(6-13-10)17(15,16)11-2/h3-4,6,8,11,14H,5,7H2,1-2H3,(H,12,13). The van der Waals surface area contributed by atoms with Gasteiger partial charge in [0.05, 0.1) is 0 Å². The van der Waals surface area contributed by atoms with Crippen LogP contribution in [0.1, 0.15) is 6.92 Å². The third-order valence-electron chi connectivity index (χ3n) is 2.26. The molecule has 96 valence electrons. The molecule has 0 radical (unpaired) electrons. The summed E-state index contributed by atoms with van der Waals surface area (Å²) in [7, 11) is -2.08. The van der Waals surface area contributed by atoms with Crippen LogP contribution in [0, 0.1) is 5.92 Å². The molecule has 0 amide bonds. The number of nitrogens with one attached hydrogen (secondary N) is 2. The fraction of sp³-hybridized carbons (Fsp3) is 0.500. The van der Waals surface area contributed by atoms with Gasteiger partial charge in [-0.05, 0) is 25.1 Å². The van der Waals surface area contributed by atoms with Crippen LogP contribution in [0.5, 0.6) is 0 Å². The van der Waals surface area contributed by atoms with Gasteiger partial charge in [-0.25, -0.2) is 18.1 Å². The number of sulfonamides is 1. The number of pyridine rings is 1. The quantitative estimate of drug-likeness (QED) is 0.670. The van der Waals surface area contributed by atoms with Crippen molar-refractivity contribution < 1.29 is 13.5 Å². The molecule has 0 aliphatic carbocycles. The van der Waals surface area contributed by atoms with E-state index in [1.807, 2.05) is 6.92 Å². The third-order valence-corrected chi connectivity index (χ3v) is 3.66. The average molecular weight is 259 g/mol. The molecule has 1 rings (SSSR count). The van der Waals surface area contributed by atoms with Crippen molar-refractivity contribution in [3.05, 3.63) is 18.3 Å². The Morgan fingerprint density at radius 2 is 2.18 bits per heavy atom.